The van der Waals surface area contributed by atoms with Crippen LogP contribution in [-0.2, 0) is 10.0 Å². The highest BCUT2D eigenvalue weighted by atomic mass is 35.5. The predicted octanol–water partition coefficient (Wildman–Crippen LogP) is 1.92. The molecule has 0 aromatic heterocycles. The second kappa shape index (κ2) is 6.47. The monoisotopic (exact) mass is 295 g/mol. The molecule has 1 atom stereocenters. The summed E-state index contributed by atoms with van der Waals surface area (Å²) in [5, 5.41) is 8.63. The van der Waals surface area contributed by atoms with Crippen molar-refractivity contribution in [1.82, 2.24) is 4.72 Å². The summed E-state index contributed by atoms with van der Waals surface area (Å²) in [6.07, 6.45) is 0.975. The van der Waals surface area contributed by atoms with Crippen molar-refractivity contribution in [2.75, 3.05) is 6.61 Å². The average molecular weight is 296 g/mol. The molecule has 0 saturated heterocycles. The molecule has 1 aromatic carbocycles. The van der Waals surface area contributed by atoms with Crippen molar-refractivity contribution in [3.63, 3.8) is 0 Å². The van der Waals surface area contributed by atoms with Gasteiger partial charge < -0.3 is 5.11 Å². The largest absolute Gasteiger partial charge is 0.396 e. The zero-order valence-electron chi connectivity index (χ0n) is 9.86. The molecule has 4 nitrogen and oxygen atoms in total. The van der Waals surface area contributed by atoms with Crippen molar-refractivity contribution < 1.29 is 17.9 Å². The minimum Gasteiger partial charge on any atom is -0.396 e. The number of aliphatic hydroxyl groups is 1. The van der Waals surface area contributed by atoms with Crippen LogP contribution in [0.25, 0.3) is 0 Å². The van der Waals surface area contributed by atoms with E-state index in [2.05, 4.69) is 4.72 Å². The van der Waals surface area contributed by atoms with Gasteiger partial charge in [-0.2, -0.15) is 0 Å². The molecule has 0 aliphatic rings. The Morgan fingerprint density at radius 1 is 1.50 bits per heavy atom. The molecule has 0 spiro atoms. The summed E-state index contributed by atoms with van der Waals surface area (Å²) < 4.78 is 39.3. The molecule has 0 saturated carbocycles. The molecule has 0 bridgehead atoms. The van der Waals surface area contributed by atoms with E-state index in [1.807, 2.05) is 0 Å². The number of halogens is 2. The third kappa shape index (κ3) is 4.20. The lowest BCUT2D eigenvalue weighted by Gasteiger charge is -2.14. The van der Waals surface area contributed by atoms with Crippen molar-refractivity contribution in [2.24, 2.45) is 0 Å². The third-order valence-electron chi connectivity index (χ3n) is 2.33. The summed E-state index contributed by atoms with van der Waals surface area (Å²) in [5.41, 5.74) is 0. The van der Waals surface area contributed by atoms with E-state index in [0.717, 1.165) is 12.1 Å². The van der Waals surface area contributed by atoms with Crippen molar-refractivity contribution >= 4 is 21.6 Å². The number of hydrogen-bond donors (Lipinski definition) is 2. The SMILES string of the molecule is CC(CCCO)NS(=O)(=O)c1cc(F)ccc1Cl. The van der Waals surface area contributed by atoms with E-state index in [9.17, 15) is 12.8 Å². The van der Waals surface area contributed by atoms with Crippen LogP contribution in [0.3, 0.4) is 0 Å². The minimum atomic E-state index is -3.85. The summed E-state index contributed by atoms with van der Waals surface area (Å²) >= 11 is 5.74. The lowest BCUT2D eigenvalue weighted by atomic mass is 10.2. The Bertz CT molecular complexity index is 507. The summed E-state index contributed by atoms with van der Waals surface area (Å²) in [6, 6.07) is 2.81. The first kappa shape index (κ1) is 15.4. The first-order valence-corrected chi connectivity index (χ1v) is 7.31. The Morgan fingerprint density at radius 2 is 2.17 bits per heavy atom. The smallest absolute Gasteiger partial charge is 0.242 e. The van der Waals surface area contributed by atoms with Gasteiger partial charge in [0.2, 0.25) is 10.0 Å². The molecule has 7 heteroatoms. The van der Waals surface area contributed by atoms with Gasteiger partial charge in [0.15, 0.2) is 0 Å². The van der Waals surface area contributed by atoms with Gasteiger partial charge in [-0.3, -0.25) is 0 Å². The van der Waals surface area contributed by atoms with Crippen LogP contribution in [-0.4, -0.2) is 26.2 Å². The highest BCUT2D eigenvalue weighted by Gasteiger charge is 2.20. The fourth-order valence-electron chi connectivity index (χ4n) is 1.47. The van der Waals surface area contributed by atoms with Crippen molar-refractivity contribution in [3.8, 4) is 0 Å². The molecule has 0 radical (unpaired) electrons. The molecular formula is C11H15ClFNO3S. The first-order valence-electron chi connectivity index (χ1n) is 5.45. The zero-order valence-corrected chi connectivity index (χ0v) is 11.4. The van der Waals surface area contributed by atoms with E-state index in [1.54, 1.807) is 6.92 Å². The molecular weight excluding hydrogens is 281 g/mol. The fraction of sp³-hybridized carbons (Fsp3) is 0.455. The van der Waals surface area contributed by atoms with E-state index in [0.29, 0.717) is 12.8 Å². The summed E-state index contributed by atoms with van der Waals surface area (Å²) in [5.74, 6) is -0.664. The van der Waals surface area contributed by atoms with Crippen LogP contribution < -0.4 is 4.72 Å². The molecule has 102 valence electrons. The fourth-order valence-corrected chi connectivity index (χ4v) is 3.26. The minimum absolute atomic E-state index is 0.00715. The lowest BCUT2D eigenvalue weighted by Crippen LogP contribution is -2.33. The topological polar surface area (TPSA) is 66.4 Å². The van der Waals surface area contributed by atoms with Crippen LogP contribution in [0.2, 0.25) is 5.02 Å². The Morgan fingerprint density at radius 3 is 2.78 bits per heavy atom. The maximum absolute atomic E-state index is 13.0. The van der Waals surface area contributed by atoms with E-state index in [1.165, 1.54) is 6.07 Å². The summed E-state index contributed by atoms with van der Waals surface area (Å²) in [7, 11) is -3.85. The van der Waals surface area contributed by atoms with Crippen molar-refractivity contribution in [3.05, 3.63) is 29.0 Å². The van der Waals surface area contributed by atoms with Crippen LogP contribution in [0.15, 0.2) is 23.1 Å². The standard InChI is InChI=1S/C11H15ClFNO3S/c1-8(3-2-6-15)14-18(16,17)11-7-9(13)4-5-10(11)12/h4-5,7-8,14-15H,2-3,6H2,1H3. The Kier molecular flexibility index (Phi) is 5.52. The van der Waals surface area contributed by atoms with Gasteiger partial charge in [0.25, 0.3) is 0 Å². The third-order valence-corrected chi connectivity index (χ3v) is 4.41. The van der Waals surface area contributed by atoms with Crippen LogP contribution in [0.5, 0.6) is 0 Å². The zero-order chi connectivity index (χ0) is 13.8. The second-order valence-electron chi connectivity index (χ2n) is 3.96. The van der Waals surface area contributed by atoms with Crippen molar-refractivity contribution in [1.29, 1.82) is 0 Å². The highest BCUT2D eigenvalue weighted by Crippen LogP contribution is 2.22. The number of rotatable bonds is 6. The van der Waals surface area contributed by atoms with E-state index in [4.69, 9.17) is 16.7 Å². The van der Waals surface area contributed by atoms with Gasteiger partial charge in [-0.15, -0.1) is 0 Å². The van der Waals surface area contributed by atoms with Gasteiger partial charge in [-0.25, -0.2) is 17.5 Å². The number of nitrogens with one attached hydrogen (secondary N) is 1. The molecule has 1 rings (SSSR count). The lowest BCUT2D eigenvalue weighted by molar-refractivity contribution is 0.279. The van der Waals surface area contributed by atoms with Crippen LogP contribution in [0.4, 0.5) is 4.39 Å². The van der Waals surface area contributed by atoms with Crippen LogP contribution in [0.1, 0.15) is 19.8 Å². The summed E-state index contributed by atoms with van der Waals surface area (Å²) in [4.78, 5) is -0.278. The van der Waals surface area contributed by atoms with Gasteiger partial charge >= 0.3 is 0 Å². The predicted molar refractivity (Wildman–Crippen MR) is 67.5 cm³/mol. The second-order valence-corrected chi connectivity index (χ2v) is 6.05. The maximum atomic E-state index is 13.0. The Balaban J connectivity index is 2.89. The van der Waals surface area contributed by atoms with Crippen molar-refractivity contribution in [2.45, 2.75) is 30.7 Å². The molecule has 0 fully saturated rings. The van der Waals surface area contributed by atoms with Gasteiger partial charge in [0.05, 0.1) is 5.02 Å². The maximum Gasteiger partial charge on any atom is 0.242 e. The molecule has 1 unspecified atom stereocenters. The number of benzene rings is 1. The number of aliphatic hydroxyl groups excluding tert-OH is 1. The Labute approximate surface area is 111 Å². The van der Waals surface area contributed by atoms with Gasteiger partial charge in [-0.05, 0) is 38.0 Å². The van der Waals surface area contributed by atoms with E-state index >= 15 is 0 Å². The van der Waals surface area contributed by atoms with Gasteiger partial charge in [-0.1, -0.05) is 11.6 Å². The molecule has 1 aromatic rings. The molecule has 0 aliphatic heterocycles. The molecule has 2 N–H and O–H groups in total. The quantitative estimate of drug-likeness (QED) is 0.842. The summed E-state index contributed by atoms with van der Waals surface area (Å²) in [6.45, 7) is 1.66. The number of sulfonamides is 1. The van der Waals surface area contributed by atoms with E-state index in [-0.39, 0.29) is 22.6 Å². The normalized spacial score (nSPS) is 13.6. The first-order chi connectivity index (χ1) is 8.36. The van der Waals surface area contributed by atoms with E-state index < -0.39 is 15.8 Å². The molecule has 0 aliphatic carbocycles. The average Bonchev–Trinajstić information content (AvgIpc) is 2.29. The molecule has 18 heavy (non-hydrogen) atoms. The molecule has 0 heterocycles. The number of hydrogen-bond acceptors (Lipinski definition) is 3. The highest BCUT2D eigenvalue weighted by molar-refractivity contribution is 7.89. The van der Waals surface area contributed by atoms with Crippen LogP contribution in [0, 0.1) is 5.82 Å². The Hall–Kier alpha value is -0.690. The van der Waals surface area contributed by atoms with Gasteiger partial charge in [0, 0.05) is 12.6 Å². The van der Waals surface area contributed by atoms with Gasteiger partial charge in [0.1, 0.15) is 10.7 Å². The molecule has 0 amide bonds. The van der Waals surface area contributed by atoms with Crippen LogP contribution >= 0.6 is 11.6 Å².